The number of anilines is 1. The number of fused-ring (bicyclic) bond motifs is 5. The van der Waals surface area contributed by atoms with Gasteiger partial charge in [-0.25, -0.2) is 9.78 Å². The summed E-state index contributed by atoms with van der Waals surface area (Å²) in [6, 6.07) is 8.86. The number of aromatic nitrogens is 3. The summed E-state index contributed by atoms with van der Waals surface area (Å²) < 4.78 is 103. The van der Waals surface area contributed by atoms with Gasteiger partial charge >= 0.3 is 18.4 Å². The molecule has 4 bridgehead atoms. The number of carbonyl (C=O) groups excluding carboxylic acids is 1. The Morgan fingerprint density at radius 2 is 1.72 bits per heavy atom. The molecule has 0 saturated carbocycles. The van der Waals surface area contributed by atoms with Gasteiger partial charge in [0.1, 0.15) is 10.6 Å². The van der Waals surface area contributed by atoms with E-state index in [1.165, 1.54) is 0 Å². The lowest BCUT2D eigenvalue weighted by molar-refractivity contribution is -0.300. The molecule has 15 heteroatoms. The highest BCUT2D eigenvalue weighted by Crippen LogP contribution is 2.48. The van der Waals surface area contributed by atoms with E-state index in [9.17, 15) is 31.1 Å². The summed E-state index contributed by atoms with van der Waals surface area (Å²) in [4.78, 5) is 16.6. The molecule has 3 heterocycles. The van der Waals surface area contributed by atoms with Gasteiger partial charge in [-0.05, 0) is 57.4 Å². The van der Waals surface area contributed by atoms with Crippen LogP contribution in [0.3, 0.4) is 0 Å². The fraction of sp³-hybridized carbons (Fsp3) is 0.500. The zero-order chi connectivity index (χ0) is 31.5. The number of nitrogens with one attached hydrogen (secondary N) is 1. The Hall–Kier alpha value is -3.33. The zero-order valence-electron chi connectivity index (χ0n) is 23.6. The second kappa shape index (κ2) is 12.7. The van der Waals surface area contributed by atoms with Crippen LogP contribution in [0.15, 0.2) is 45.8 Å². The molecule has 0 aliphatic carbocycles. The van der Waals surface area contributed by atoms with Crippen LogP contribution in [-0.4, -0.2) is 38.8 Å². The molecule has 8 nitrogen and oxygen atoms in total. The van der Waals surface area contributed by atoms with Gasteiger partial charge in [-0.15, -0.1) is 22.0 Å². The first-order valence-corrected chi connectivity index (χ1v) is 14.4. The van der Waals surface area contributed by atoms with Gasteiger partial charge in [-0.1, -0.05) is 43.2 Å². The van der Waals surface area contributed by atoms with Crippen LogP contribution in [0, 0.1) is 0 Å². The molecule has 3 aromatic rings. The highest BCUT2D eigenvalue weighted by Gasteiger charge is 2.61. The number of halogens is 6. The first kappa shape index (κ1) is 32.6. The number of hydrogen-bond acceptors (Lipinski definition) is 8. The molecule has 1 aromatic carbocycles. The SMILES string of the molecule is CC(C)(C)OC(=O)Nc1cc(C(F)(F)F)c2nc1-c1nnc(o1)[C@@](OCc1ccccc1)(C(F)(F)F)CCCCCCS2. The van der Waals surface area contributed by atoms with E-state index in [4.69, 9.17) is 13.9 Å². The Kier molecular flexibility index (Phi) is 9.64. The van der Waals surface area contributed by atoms with Crippen LogP contribution < -0.4 is 5.32 Å². The quantitative estimate of drug-likeness (QED) is 0.286. The molecule has 1 amide bonds. The minimum atomic E-state index is -5.01. The van der Waals surface area contributed by atoms with Gasteiger partial charge < -0.3 is 13.9 Å². The predicted octanol–water partition coefficient (Wildman–Crippen LogP) is 8.53. The van der Waals surface area contributed by atoms with Crippen LogP contribution in [0.25, 0.3) is 11.6 Å². The second-order valence-electron chi connectivity index (χ2n) is 10.9. The maximum Gasteiger partial charge on any atom is 0.426 e. The zero-order valence-corrected chi connectivity index (χ0v) is 24.4. The molecular weight excluding hydrogens is 602 g/mol. The molecule has 4 rings (SSSR count). The lowest BCUT2D eigenvalue weighted by Crippen LogP contribution is -2.45. The van der Waals surface area contributed by atoms with E-state index in [0.717, 1.165) is 11.8 Å². The van der Waals surface area contributed by atoms with Crippen LogP contribution in [0.1, 0.15) is 69.9 Å². The van der Waals surface area contributed by atoms with Crippen LogP contribution in [0.5, 0.6) is 0 Å². The van der Waals surface area contributed by atoms with Crippen LogP contribution in [0.4, 0.5) is 36.8 Å². The maximum atomic E-state index is 14.9. The topological polar surface area (TPSA) is 99.4 Å². The van der Waals surface area contributed by atoms with Gasteiger partial charge in [0, 0.05) is 0 Å². The molecule has 0 radical (unpaired) electrons. The van der Waals surface area contributed by atoms with Crippen LogP contribution in [-0.2, 0) is 27.9 Å². The van der Waals surface area contributed by atoms with E-state index >= 15 is 0 Å². The smallest absolute Gasteiger partial charge is 0.426 e. The first-order chi connectivity index (χ1) is 20.1. The average molecular weight is 633 g/mol. The largest absolute Gasteiger partial charge is 0.444 e. The fourth-order valence-electron chi connectivity index (χ4n) is 4.33. The Balaban J connectivity index is 1.86. The number of carbonyl (C=O) groups is 1. The van der Waals surface area contributed by atoms with E-state index in [1.54, 1.807) is 51.1 Å². The van der Waals surface area contributed by atoms with Crippen molar-refractivity contribution >= 4 is 23.5 Å². The number of amides is 1. The Morgan fingerprint density at radius 1 is 1.02 bits per heavy atom. The summed E-state index contributed by atoms with van der Waals surface area (Å²) in [6.45, 7) is 4.22. The minimum Gasteiger partial charge on any atom is -0.444 e. The molecule has 1 aliphatic heterocycles. The Labute approximate surface area is 247 Å². The maximum absolute atomic E-state index is 14.9. The van der Waals surface area contributed by atoms with Gasteiger partial charge in [0.25, 0.3) is 11.8 Å². The number of thioether (sulfide) groups is 1. The molecule has 0 fully saturated rings. The van der Waals surface area contributed by atoms with E-state index in [1.807, 2.05) is 0 Å². The summed E-state index contributed by atoms with van der Waals surface area (Å²) in [5.74, 6) is -1.34. The number of rotatable bonds is 4. The third-order valence-corrected chi connectivity index (χ3v) is 7.43. The number of pyridine rings is 1. The molecule has 1 atom stereocenters. The average Bonchev–Trinajstić information content (AvgIpc) is 3.38. The Morgan fingerprint density at radius 3 is 2.37 bits per heavy atom. The summed E-state index contributed by atoms with van der Waals surface area (Å²) in [7, 11) is 0. The van der Waals surface area contributed by atoms with E-state index in [0.29, 0.717) is 30.9 Å². The van der Waals surface area contributed by atoms with Crippen molar-refractivity contribution in [2.45, 2.75) is 88.1 Å². The number of benzene rings is 1. The third-order valence-electron chi connectivity index (χ3n) is 6.35. The monoisotopic (exact) mass is 632 g/mol. The molecule has 2 aromatic heterocycles. The number of ether oxygens (including phenoxy) is 2. The standard InChI is InChI=1S/C28H30F6N4O4S/c1-25(2,3)42-24(39)35-19-15-18(27(29,30)31)22-36-20(19)21-37-38-23(41-21)26(28(32,33)34,13-9-4-5-10-14-43-22)40-16-17-11-7-6-8-12-17/h6-8,11-12,15H,4-5,9-10,13-14,16H2,1-3H3,(H,35,39)/t26-/m1/s1. The summed E-state index contributed by atoms with van der Waals surface area (Å²) in [5, 5.41) is 9.17. The van der Waals surface area contributed by atoms with E-state index < -0.39 is 76.4 Å². The number of alkyl halides is 6. The van der Waals surface area contributed by atoms with E-state index in [-0.39, 0.29) is 12.2 Å². The molecule has 1 N–H and O–H groups in total. The van der Waals surface area contributed by atoms with Crippen molar-refractivity contribution in [2.24, 2.45) is 0 Å². The van der Waals surface area contributed by atoms with Gasteiger partial charge in [-0.3, -0.25) is 5.32 Å². The van der Waals surface area contributed by atoms with Crippen LogP contribution >= 0.6 is 11.8 Å². The second-order valence-corrected chi connectivity index (χ2v) is 12.0. The minimum absolute atomic E-state index is 0.0689. The summed E-state index contributed by atoms with van der Waals surface area (Å²) in [5.41, 5.74) is -5.67. The Bertz CT molecular complexity index is 1410. The van der Waals surface area contributed by atoms with Crippen molar-refractivity contribution in [3.05, 3.63) is 53.4 Å². The molecule has 0 saturated heterocycles. The first-order valence-electron chi connectivity index (χ1n) is 13.4. The van der Waals surface area contributed by atoms with Crippen molar-refractivity contribution in [1.29, 1.82) is 0 Å². The molecular formula is C28H30F6N4O4S. The highest BCUT2D eigenvalue weighted by atomic mass is 32.2. The van der Waals surface area contributed by atoms with Gasteiger partial charge in [0.2, 0.25) is 5.60 Å². The van der Waals surface area contributed by atoms with Crippen molar-refractivity contribution in [1.82, 2.24) is 15.2 Å². The van der Waals surface area contributed by atoms with Crippen LogP contribution in [0.2, 0.25) is 0 Å². The third kappa shape index (κ3) is 7.99. The normalized spacial score (nSPS) is 18.5. The lowest BCUT2D eigenvalue weighted by atomic mass is 9.94. The highest BCUT2D eigenvalue weighted by molar-refractivity contribution is 7.99. The predicted molar refractivity (Wildman–Crippen MR) is 145 cm³/mol. The number of nitrogens with zero attached hydrogens (tertiary/aromatic N) is 3. The van der Waals surface area contributed by atoms with Gasteiger partial charge in [0.15, 0.2) is 5.69 Å². The molecule has 1 aliphatic rings. The number of hydrogen-bond donors (Lipinski definition) is 1. The summed E-state index contributed by atoms with van der Waals surface area (Å²) in [6.07, 6.45) is -10.2. The molecule has 0 spiro atoms. The molecule has 0 unspecified atom stereocenters. The van der Waals surface area contributed by atoms with E-state index in [2.05, 4.69) is 20.5 Å². The van der Waals surface area contributed by atoms with Gasteiger partial charge in [-0.2, -0.15) is 26.3 Å². The lowest BCUT2D eigenvalue weighted by Gasteiger charge is -2.32. The summed E-state index contributed by atoms with van der Waals surface area (Å²) >= 11 is 0.836. The van der Waals surface area contributed by atoms with Crippen molar-refractivity contribution in [3.63, 3.8) is 0 Å². The molecule has 43 heavy (non-hydrogen) atoms. The van der Waals surface area contributed by atoms with Gasteiger partial charge in [0.05, 0.1) is 17.9 Å². The molecule has 234 valence electrons. The van der Waals surface area contributed by atoms with Crippen molar-refractivity contribution < 1.29 is 45.0 Å². The fourth-order valence-corrected chi connectivity index (χ4v) is 5.36. The van der Waals surface area contributed by atoms with Crippen molar-refractivity contribution in [3.8, 4) is 11.6 Å². The van der Waals surface area contributed by atoms with Crippen molar-refractivity contribution in [2.75, 3.05) is 11.1 Å².